The average molecular weight is 460 g/mol. The van der Waals surface area contributed by atoms with Crippen LogP contribution in [-0.4, -0.2) is 50.3 Å². The number of ether oxygens (including phenoxy) is 2. The van der Waals surface area contributed by atoms with Gasteiger partial charge in [-0.05, 0) is 43.5 Å². The van der Waals surface area contributed by atoms with Crippen LogP contribution in [0, 0.1) is 6.92 Å². The lowest BCUT2D eigenvalue weighted by molar-refractivity contribution is -0.0844. The third-order valence-electron chi connectivity index (χ3n) is 5.90. The van der Waals surface area contributed by atoms with Crippen LogP contribution in [-0.2, 0) is 11.3 Å². The van der Waals surface area contributed by atoms with E-state index in [0.29, 0.717) is 27.4 Å². The van der Waals surface area contributed by atoms with Crippen LogP contribution in [0.5, 0.6) is 5.75 Å². The third-order valence-corrected chi connectivity index (χ3v) is 6.23. The van der Waals surface area contributed by atoms with Crippen molar-refractivity contribution in [3.8, 4) is 5.75 Å². The summed E-state index contributed by atoms with van der Waals surface area (Å²) in [5.74, 6) is -0.442. The Hall–Kier alpha value is -2.68. The number of aliphatic hydroxyl groups excluding tert-OH is 1. The number of rotatable bonds is 8. The van der Waals surface area contributed by atoms with Crippen LogP contribution >= 0.6 is 11.6 Å². The number of halogens is 1. The highest BCUT2D eigenvalue weighted by Crippen LogP contribution is 2.35. The Balaban J connectivity index is 1.67. The van der Waals surface area contributed by atoms with E-state index in [0.717, 1.165) is 31.2 Å². The number of hydrogen-bond acceptors (Lipinski definition) is 6. The van der Waals surface area contributed by atoms with Crippen LogP contribution in [0.2, 0.25) is 5.02 Å². The smallest absolute Gasteiger partial charge is 0.338 e. The number of aromatic carboxylic acids is 1. The normalized spacial score (nSPS) is 16.4. The Bertz CT molecular complexity index is 1130. The number of carboxylic acids is 1. The van der Waals surface area contributed by atoms with Crippen molar-refractivity contribution in [1.82, 2.24) is 14.8 Å². The maximum atomic E-state index is 11.5. The molecule has 9 heteroatoms. The molecule has 1 aromatic carbocycles. The maximum absolute atomic E-state index is 11.5. The van der Waals surface area contributed by atoms with E-state index in [1.165, 1.54) is 12.3 Å². The molecule has 0 amide bonds. The van der Waals surface area contributed by atoms with Crippen molar-refractivity contribution in [2.24, 2.45) is 0 Å². The highest BCUT2D eigenvalue weighted by molar-refractivity contribution is 6.31. The number of aliphatic hydroxyl groups is 1. The number of carboxylic acid groups (broad SMARTS) is 1. The van der Waals surface area contributed by atoms with E-state index in [-0.39, 0.29) is 18.2 Å². The first kappa shape index (κ1) is 22.5. The van der Waals surface area contributed by atoms with Gasteiger partial charge < -0.3 is 19.7 Å². The number of aryl methyl sites for hydroxylation is 1. The van der Waals surface area contributed by atoms with Crippen molar-refractivity contribution in [1.29, 1.82) is 0 Å². The summed E-state index contributed by atoms with van der Waals surface area (Å²) in [5.41, 5.74) is 2.22. The summed E-state index contributed by atoms with van der Waals surface area (Å²) >= 11 is 6.47. The van der Waals surface area contributed by atoms with Gasteiger partial charge in [-0.15, -0.1) is 0 Å². The minimum absolute atomic E-state index is 0.0402. The molecule has 0 bridgehead atoms. The summed E-state index contributed by atoms with van der Waals surface area (Å²) in [4.78, 5) is 15.7. The predicted molar refractivity (Wildman–Crippen MR) is 119 cm³/mol. The van der Waals surface area contributed by atoms with Crippen molar-refractivity contribution in [3.05, 3.63) is 52.3 Å². The van der Waals surface area contributed by atoms with E-state index in [2.05, 4.69) is 10.1 Å². The lowest BCUT2D eigenvalue weighted by Crippen LogP contribution is -2.31. The Kier molecular flexibility index (Phi) is 6.64. The minimum Gasteiger partial charge on any atom is -0.496 e. The van der Waals surface area contributed by atoms with E-state index in [4.69, 9.17) is 21.1 Å². The molecular weight excluding hydrogens is 434 g/mol. The van der Waals surface area contributed by atoms with Gasteiger partial charge in [-0.3, -0.25) is 9.67 Å². The molecule has 2 atom stereocenters. The van der Waals surface area contributed by atoms with Gasteiger partial charge in [0, 0.05) is 16.8 Å². The monoisotopic (exact) mass is 459 g/mol. The van der Waals surface area contributed by atoms with Crippen LogP contribution in [0.25, 0.3) is 11.0 Å². The number of carbonyl (C=O) groups is 1. The fourth-order valence-electron chi connectivity index (χ4n) is 4.22. The molecule has 0 aliphatic heterocycles. The highest BCUT2D eigenvalue weighted by atomic mass is 35.5. The third kappa shape index (κ3) is 4.57. The molecule has 1 aliphatic carbocycles. The van der Waals surface area contributed by atoms with Crippen LogP contribution in [0.15, 0.2) is 30.6 Å². The zero-order valence-electron chi connectivity index (χ0n) is 18.0. The maximum Gasteiger partial charge on any atom is 0.338 e. The largest absolute Gasteiger partial charge is 0.496 e. The van der Waals surface area contributed by atoms with Crippen LogP contribution in [0.4, 0.5) is 0 Å². The number of aromatic nitrogens is 3. The van der Waals surface area contributed by atoms with Gasteiger partial charge in [0.2, 0.25) is 0 Å². The molecule has 8 nitrogen and oxygen atoms in total. The Morgan fingerprint density at radius 1 is 1.34 bits per heavy atom. The molecule has 170 valence electrons. The molecule has 2 aromatic heterocycles. The molecule has 4 rings (SSSR count). The summed E-state index contributed by atoms with van der Waals surface area (Å²) < 4.78 is 13.3. The van der Waals surface area contributed by atoms with Crippen LogP contribution < -0.4 is 4.74 Å². The second kappa shape index (κ2) is 9.44. The van der Waals surface area contributed by atoms with Crippen molar-refractivity contribution >= 4 is 28.6 Å². The zero-order valence-corrected chi connectivity index (χ0v) is 18.7. The van der Waals surface area contributed by atoms with E-state index >= 15 is 0 Å². The molecule has 2 N–H and O–H groups in total. The van der Waals surface area contributed by atoms with Gasteiger partial charge in [0.15, 0.2) is 0 Å². The van der Waals surface area contributed by atoms with Crippen LogP contribution in [0.3, 0.4) is 0 Å². The molecule has 2 unspecified atom stereocenters. The van der Waals surface area contributed by atoms with Crippen LogP contribution in [0.1, 0.15) is 53.3 Å². The van der Waals surface area contributed by atoms with Gasteiger partial charge in [0.1, 0.15) is 29.0 Å². The second-order valence-corrected chi connectivity index (χ2v) is 8.53. The Labute approximate surface area is 190 Å². The molecule has 2 heterocycles. The summed E-state index contributed by atoms with van der Waals surface area (Å²) in [6, 6.07) is 4.91. The van der Waals surface area contributed by atoms with Crippen molar-refractivity contribution in [3.63, 3.8) is 0 Å². The summed E-state index contributed by atoms with van der Waals surface area (Å²) in [6.45, 7) is 2.09. The number of hydrogen-bond donors (Lipinski definition) is 2. The van der Waals surface area contributed by atoms with E-state index in [1.54, 1.807) is 30.1 Å². The van der Waals surface area contributed by atoms with Gasteiger partial charge in [-0.2, -0.15) is 5.10 Å². The molecule has 32 heavy (non-hydrogen) atoms. The molecular formula is C23H26ClN3O5. The van der Waals surface area contributed by atoms with Crippen molar-refractivity contribution in [2.45, 2.75) is 57.5 Å². The first-order valence-corrected chi connectivity index (χ1v) is 11.0. The first-order valence-electron chi connectivity index (χ1n) is 10.6. The molecule has 0 radical (unpaired) electrons. The average Bonchev–Trinajstić information content (AvgIpc) is 3.41. The molecule has 3 aromatic rings. The SMILES string of the molecule is COc1cc(C(O)C(Cn2cc3nccc(C(=O)O)c3n2)OC2CCCC2)c(Cl)cc1C. The standard InChI is InChI=1S/C23H26ClN3O5/c1-13-9-17(24)16(10-19(13)31-2)22(28)20(32-14-5-3-4-6-14)12-27-11-18-21(26-27)15(23(29)30)7-8-25-18/h7-11,14,20,22,28H,3-6,12H2,1-2H3,(H,29,30). The zero-order chi connectivity index (χ0) is 22.8. The number of pyridine rings is 1. The lowest BCUT2D eigenvalue weighted by atomic mass is 10.0. The fourth-order valence-corrected chi connectivity index (χ4v) is 4.55. The predicted octanol–water partition coefficient (Wildman–Crippen LogP) is 4.16. The number of fused-ring (bicyclic) bond motifs is 1. The molecule has 0 spiro atoms. The second-order valence-electron chi connectivity index (χ2n) is 8.12. The molecule has 0 saturated heterocycles. The highest BCUT2D eigenvalue weighted by Gasteiger charge is 2.30. The molecule has 1 saturated carbocycles. The summed E-state index contributed by atoms with van der Waals surface area (Å²) in [5, 5.41) is 25.6. The van der Waals surface area contributed by atoms with Gasteiger partial charge in [0.25, 0.3) is 0 Å². The number of methoxy groups -OCH3 is 1. The summed E-state index contributed by atoms with van der Waals surface area (Å²) in [6.07, 6.45) is 5.50. The van der Waals surface area contributed by atoms with Gasteiger partial charge in [0.05, 0.1) is 31.5 Å². The summed E-state index contributed by atoms with van der Waals surface area (Å²) in [7, 11) is 1.57. The van der Waals surface area contributed by atoms with Gasteiger partial charge in [-0.25, -0.2) is 4.79 Å². The van der Waals surface area contributed by atoms with Gasteiger partial charge in [-0.1, -0.05) is 24.4 Å². The molecule has 1 aliphatic rings. The minimum atomic E-state index is -1.07. The van der Waals surface area contributed by atoms with Crippen molar-refractivity contribution in [2.75, 3.05) is 7.11 Å². The van der Waals surface area contributed by atoms with Crippen molar-refractivity contribution < 1.29 is 24.5 Å². The van der Waals surface area contributed by atoms with E-state index < -0.39 is 18.2 Å². The number of benzene rings is 1. The fraction of sp³-hybridized carbons (Fsp3) is 0.435. The van der Waals surface area contributed by atoms with E-state index in [1.807, 2.05) is 6.92 Å². The number of nitrogens with zero attached hydrogens (tertiary/aromatic N) is 3. The first-order chi connectivity index (χ1) is 15.4. The van der Waals surface area contributed by atoms with E-state index in [9.17, 15) is 15.0 Å². The van der Waals surface area contributed by atoms with Gasteiger partial charge >= 0.3 is 5.97 Å². The molecule has 1 fully saturated rings. The Morgan fingerprint density at radius 2 is 2.09 bits per heavy atom. The topological polar surface area (TPSA) is 107 Å². The quantitative estimate of drug-likeness (QED) is 0.520. The lowest BCUT2D eigenvalue weighted by Gasteiger charge is -2.28. The Morgan fingerprint density at radius 3 is 2.78 bits per heavy atom.